The molecule has 2 N–H and O–H groups in total. The first kappa shape index (κ1) is 23.2. The van der Waals surface area contributed by atoms with Crippen molar-refractivity contribution >= 4 is 0 Å². The van der Waals surface area contributed by atoms with Gasteiger partial charge in [-0.05, 0) is 111 Å². The van der Waals surface area contributed by atoms with E-state index in [1.165, 1.54) is 50.5 Å². The number of aliphatic hydroxyl groups excluding tert-OH is 2. The molecule has 0 radical (unpaired) electrons. The van der Waals surface area contributed by atoms with E-state index in [1.807, 2.05) is 5.57 Å². The Balaban J connectivity index is 1.50. The summed E-state index contributed by atoms with van der Waals surface area (Å²) in [6.07, 6.45) is 11.6. The van der Waals surface area contributed by atoms with Crippen LogP contribution in [0.1, 0.15) is 106 Å². The van der Waals surface area contributed by atoms with Gasteiger partial charge >= 0.3 is 0 Å². The van der Waals surface area contributed by atoms with Crippen molar-refractivity contribution in [2.45, 2.75) is 118 Å². The average Bonchev–Trinajstić information content (AvgIpc) is 3.22. The molecular formula is C30H48O2. The lowest BCUT2D eigenvalue weighted by molar-refractivity contribution is -0.0970. The molecule has 3 saturated carbocycles. The molecule has 0 aromatic carbocycles. The molecule has 0 aliphatic heterocycles. The molecule has 1 unspecified atom stereocenters. The highest BCUT2D eigenvalue weighted by atomic mass is 16.3. The van der Waals surface area contributed by atoms with Crippen molar-refractivity contribution in [2.75, 3.05) is 0 Å². The van der Waals surface area contributed by atoms with E-state index >= 15 is 0 Å². The Morgan fingerprint density at radius 1 is 0.844 bits per heavy atom. The second-order valence-corrected chi connectivity index (χ2v) is 13.9. The fourth-order valence-corrected chi connectivity index (χ4v) is 10.4. The van der Waals surface area contributed by atoms with Crippen LogP contribution in [0.2, 0.25) is 0 Å². The molecule has 0 heterocycles. The van der Waals surface area contributed by atoms with E-state index < -0.39 is 0 Å². The largest absolute Gasteiger partial charge is 0.393 e. The molecule has 2 heteroatoms. The highest BCUT2D eigenvalue weighted by molar-refractivity contribution is 5.39. The summed E-state index contributed by atoms with van der Waals surface area (Å²) in [6, 6.07) is 0. The monoisotopic (exact) mass is 440 g/mol. The van der Waals surface area contributed by atoms with E-state index in [9.17, 15) is 10.2 Å². The minimum absolute atomic E-state index is 0.0108. The van der Waals surface area contributed by atoms with Gasteiger partial charge in [0, 0.05) is 5.92 Å². The minimum Gasteiger partial charge on any atom is -0.393 e. The molecule has 5 rings (SSSR count). The molecule has 180 valence electrons. The van der Waals surface area contributed by atoms with Crippen molar-refractivity contribution in [1.29, 1.82) is 0 Å². The highest BCUT2D eigenvalue weighted by Crippen LogP contribution is 2.73. The first-order chi connectivity index (χ1) is 14.9. The first-order valence-electron chi connectivity index (χ1n) is 13.6. The van der Waals surface area contributed by atoms with Crippen molar-refractivity contribution in [2.24, 2.45) is 45.3 Å². The van der Waals surface area contributed by atoms with Crippen LogP contribution < -0.4 is 0 Å². The van der Waals surface area contributed by atoms with Crippen LogP contribution >= 0.6 is 0 Å². The van der Waals surface area contributed by atoms with E-state index in [-0.39, 0.29) is 28.5 Å². The minimum atomic E-state index is -0.194. The topological polar surface area (TPSA) is 40.5 Å². The zero-order valence-electron chi connectivity index (χ0n) is 21.6. The molecule has 0 aromatic heterocycles. The molecular weight excluding hydrogens is 392 g/mol. The first-order valence-corrected chi connectivity index (χ1v) is 13.6. The van der Waals surface area contributed by atoms with Crippen molar-refractivity contribution in [1.82, 2.24) is 0 Å². The summed E-state index contributed by atoms with van der Waals surface area (Å²) in [7, 11) is 0. The van der Waals surface area contributed by atoms with Gasteiger partial charge in [0.05, 0.1) is 12.2 Å². The van der Waals surface area contributed by atoms with Gasteiger partial charge in [0.15, 0.2) is 0 Å². The summed E-state index contributed by atoms with van der Waals surface area (Å²) in [5.74, 6) is 1.98. The number of allylic oxidation sites excluding steroid dienone is 2. The number of hydrogen-bond donors (Lipinski definition) is 2. The lowest BCUT2D eigenvalue weighted by Gasteiger charge is -2.62. The highest BCUT2D eigenvalue weighted by Gasteiger charge is 2.64. The zero-order valence-corrected chi connectivity index (χ0v) is 21.6. The molecule has 5 aliphatic rings. The molecule has 0 amide bonds. The van der Waals surface area contributed by atoms with Gasteiger partial charge in [-0.25, -0.2) is 0 Å². The van der Waals surface area contributed by atoms with E-state index in [2.05, 4.69) is 48.1 Å². The summed E-state index contributed by atoms with van der Waals surface area (Å²) < 4.78 is 0. The van der Waals surface area contributed by atoms with Gasteiger partial charge in [-0.3, -0.25) is 0 Å². The van der Waals surface area contributed by atoms with Crippen molar-refractivity contribution < 1.29 is 10.2 Å². The van der Waals surface area contributed by atoms with Crippen LogP contribution in [0.4, 0.5) is 0 Å². The number of rotatable bonds is 2. The Hall–Kier alpha value is -0.600. The van der Waals surface area contributed by atoms with Crippen LogP contribution in [0.25, 0.3) is 0 Å². The van der Waals surface area contributed by atoms with Crippen molar-refractivity contribution in [3.8, 4) is 0 Å². The third-order valence-corrected chi connectivity index (χ3v) is 12.6. The van der Waals surface area contributed by atoms with Crippen LogP contribution in [0, 0.1) is 45.3 Å². The second-order valence-electron chi connectivity index (χ2n) is 13.9. The van der Waals surface area contributed by atoms with Crippen LogP contribution in [0.15, 0.2) is 23.3 Å². The Bertz CT molecular complexity index is 838. The SMILES string of the molecule is C=C(C)[C@@H]1CCC([C@H]2CC[C@@]3(C)C4=C(CC[C@]23C)[C@@]2(C)CC[C@H](O)C(C)(C)[C@@H]2CC4)[C@@H]1O. The third kappa shape index (κ3) is 2.78. The van der Waals surface area contributed by atoms with Gasteiger partial charge in [0.2, 0.25) is 0 Å². The van der Waals surface area contributed by atoms with Gasteiger partial charge in [-0.15, -0.1) is 0 Å². The van der Waals surface area contributed by atoms with Crippen LogP contribution in [0.3, 0.4) is 0 Å². The van der Waals surface area contributed by atoms with Crippen LogP contribution in [-0.2, 0) is 0 Å². The van der Waals surface area contributed by atoms with Gasteiger partial charge in [-0.1, -0.05) is 57.9 Å². The lowest BCUT2D eigenvalue weighted by atomic mass is 9.43. The lowest BCUT2D eigenvalue weighted by Crippen LogP contribution is -2.55. The average molecular weight is 441 g/mol. The molecule has 2 nitrogen and oxygen atoms in total. The summed E-state index contributed by atoms with van der Waals surface area (Å²) in [6.45, 7) is 18.7. The normalized spacial score (nSPS) is 52.4. The molecule has 9 atom stereocenters. The number of fused-ring (bicyclic) bond motifs is 4. The zero-order chi connectivity index (χ0) is 23.3. The van der Waals surface area contributed by atoms with Gasteiger partial charge in [0.25, 0.3) is 0 Å². The molecule has 0 aromatic rings. The molecule has 32 heavy (non-hydrogen) atoms. The van der Waals surface area contributed by atoms with E-state index in [0.717, 1.165) is 19.3 Å². The van der Waals surface area contributed by atoms with Crippen molar-refractivity contribution in [3.63, 3.8) is 0 Å². The summed E-state index contributed by atoms with van der Waals surface area (Å²) in [5.41, 5.74) is 5.63. The van der Waals surface area contributed by atoms with E-state index in [4.69, 9.17) is 0 Å². The predicted molar refractivity (Wildman–Crippen MR) is 132 cm³/mol. The summed E-state index contributed by atoms with van der Waals surface area (Å²) in [5, 5.41) is 22.1. The fourth-order valence-electron chi connectivity index (χ4n) is 10.4. The standard InChI is InChI=1S/C30H48O2/c1-18(2)19-8-9-20(26(19)32)21-12-16-30(7)23-10-11-24-27(3,4)25(31)14-15-28(24,5)22(23)13-17-29(21,30)6/h19-21,24-26,31-32H,1,8-17H2,2-7H3/t19-,20?,21+,24-,25-,26+,28+,29+,30-/m0/s1. The Labute approximate surface area is 197 Å². The molecule has 3 fully saturated rings. The van der Waals surface area contributed by atoms with Gasteiger partial charge in [0.1, 0.15) is 0 Å². The maximum absolute atomic E-state index is 11.3. The maximum Gasteiger partial charge on any atom is 0.0636 e. The fraction of sp³-hybridized carbons (Fsp3) is 0.867. The van der Waals surface area contributed by atoms with Crippen LogP contribution in [-0.4, -0.2) is 22.4 Å². The maximum atomic E-state index is 11.3. The van der Waals surface area contributed by atoms with Crippen molar-refractivity contribution in [3.05, 3.63) is 23.3 Å². The quantitative estimate of drug-likeness (QED) is 0.451. The van der Waals surface area contributed by atoms with Crippen LogP contribution in [0.5, 0.6) is 0 Å². The molecule has 0 spiro atoms. The molecule has 0 bridgehead atoms. The van der Waals surface area contributed by atoms with Gasteiger partial charge in [-0.2, -0.15) is 0 Å². The summed E-state index contributed by atoms with van der Waals surface area (Å²) >= 11 is 0. The van der Waals surface area contributed by atoms with E-state index in [1.54, 1.807) is 5.57 Å². The number of aliphatic hydroxyl groups is 2. The Morgan fingerprint density at radius 2 is 1.56 bits per heavy atom. The predicted octanol–water partition coefficient (Wildman–Crippen LogP) is 7.06. The third-order valence-electron chi connectivity index (χ3n) is 12.6. The Morgan fingerprint density at radius 3 is 2.22 bits per heavy atom. The second kappa shape index (κ2) is 7.20. The van der Waals surface area contributed by atoms with Gasteiger partial charge < -0.3 is 10.2 Å². The summed E-state index contributed by atoms with van der Waals surface area (Å²) in [4.78, 5) is 0. The molecule has 5 aliphatic carbocycles. The molecule has 0 saturated heterocycles. The van der Waals surface area contributed by atoms with E-state index in [0.29, 0.717) is 29.1 Å². The smallest absolute Gasteiger partial charge is 0.0636 e. The number of hydrogen-bond acceptors (Lipinski definition) is 2. The Kier molecular flexibility index (Phi) is 5.21.